The van der Waals surface area contributed by atoms with E-state index in [1.165, 1.54) is 5.56 Å². The summed E-state index contributed by atoms with van der Waals surface area (Å²) in [5, 5.41) is 3.32. The zero-order chi connectivity index (χ0) is 13.0. The Balaban J connectivity index is 2.06. The van der Waals surface area contributed by atoms with Gasteiger partial charge in [0.2, 0.25) is 0 Å². The molecule has 0 amide bonds. The molecule has 0 saturated carbocycles. The molecule has 0 aliphatic heterocycles. The van der Waals surface area contributed by atoms with E-state index in [1.807, 2.05) is 24.5 Å². The summed E-state index contributed by atoms with van der Waals surface area (Å²) in [5.74, 6) is 0.909. The second-order valence-electron chi connectivity index (χ2n) is 5.39. The molecule has 0 aromatic carbocycles. The van der Waals surface area contributed by atoms with Crippen LogP contribution in [0.1, 0.15) is 31.9 Å². The Morgan fingerprint density at radius 1 is 1.17 bits per heavy atom. The monoisotopic (exact) mass is 241 g/mol. The quantitative estimate of drug-likeness (QED) is 0.895. The highest BCUT2D eigenvalue weighted by Crippen LogP contribution is 2.23. The standard InChI is InChI=1S/C15H19N3/c1-15(2,3)13-6-8-17-14(9-13)18-11-12-5-4-7-16-10-12/h4-10H,11H2,1-3H3,(H,17,18). The average molecular weight is 241 g/mol. The summed E-state index contributed by atoms with van der Waals surface area (Å²) in [6.45, 7) is 7.35. The molecule has 0 atom stereocenters. The fourth-order valence-electron chi connectivity index (χ4n) is 1.69. The Morgan fingerprint density at radius 2 is 2.00 bits per heavy atom. The Hall–Kier alpha value is -1.90. The van der Waals surface area contributed by atoms with Gasteiger partial charge in [0.25, 0.3) is 0 Å². The molecular formula is C15H19N3. The van der Waals surface area contributed by atoms with Gasteiger partial charge in [0, 0.05) is 25.1 Å². The van der Waals surface area contributed by atoms with Gasteiger partial charge in [0.15, 0.2) is 0 Å². The molecule has 0 saturated heterocycles. The molecule has 0 spiro atoms. The molecular weight excluding hydrogens is 222 g/mol. The molecule has 2 aromatic rings. The summed E-state index contributed by atoms with van der Waals surface area (Å²) in [4.78, 5) is 8.43. The SMILES string of the molecule is CC(C)(C)c1ccnc(NCc2cccnc2)c1. The Bertz CT molecular complexity index is 501. The molecule has 0 bridgehead atoms. The van der Waals surface area contributed by atoms with Crippen molar-refractivity contribution in [2.75, 3.05) is 5.32 Å². The van der Waals surface area contributed by atoms with Crippen molar-refractivity contribution in [3.05, 3.63) is 54.0 Å². The van der Waals surface area contributed by atoms with E-state index in [9.17, 15) is 0 Å². The predicted molar refractivity (Wildman–Crippen MR) is 74.5 cm³/mol. The highest BCUT2D eigenvalue weighted by Gasteiger charge is 2.13. The lowest BCUT2D eigenvalue weighted by molar-refractivity contribution is 0.589. The van der Waals surface area contributed by atoms with Crippen LogP contribution >= 0.6 is 0 Å². The molecule has 94 valence electrons. The third-order valence-corrected chi connectivity index (χ3v) is 2.82. The largest absolute Gasteiger partial charge is 0.366 e. The molecule has 0 aliphatic rings. The van der Waals surface area contributed by atoms with Gasteiger partial charge in [-0.15, -0.1) is 0 Å². The van der Waals surface area contributed by atoms with Gasteiger partial charge in [-0.05, 0) is 34.7 Å². The molecule has 2 heterocycles. The molecule has 2 aromatic heterocycles. The second-order valence-corrected chi connectivity index (χ2v) is 5.39. The maximum absolute atomic E-state index is 4.34. The molecule has 0 radical (unpaired) electrons. The molecule has 1 N–H and O–H groups in total. The lowest BCUT2D eigenvalue weighted by atomic mass is 9.88. The van der Waals surface area contributed by atoms with Gasteiger partial charge in [-0.1, -0.05) is 26.8 Å². The maximum atomic E-state index is 4.34. The highest BCUT2D eigenvalue weighted by molar-refractivity contribution is 5.40. The summed E-state index contributed by atoms with van der Waals surface area (Å²) in [6, 6.07) is 8.16. The lowest BCUT2D eigenvalue weighted by Gasteiger charge is -2.19. The summed E-state index contributed by atoms with van der Waals surface area (Å²) in [7, 11) is 0. The van der Waals surface area contributed by atoms with Gasteiger partial charge in [0.05, 0.1) is 0 Å². The first kappa shape index (κ1) is 12.6. The van der Waals surface area contributed by atoms with Crippen LogP contribution in [0.4, 0.5) is 5.82 Å². The number of aromatic nitrogens is 2. The number of pyridine rings is 2. The zero-order valence-electron chi connectivity index (χ0n) is 11.1. The number of hydrogen-bond acceptors (Lipinski definition) is 3. The minimum absolute atomic E-state index is 0.147. The normalized spacial score (nSPS) is 11.3. The lowest BCUT2D eigenvalue weighted by Crippen LogP contribution is -2.12. The van der Waals surface area contributed by atoms with Crippen LogP contribution < -0.4 is 5.32 Å². The molecule has 2 rings (SSSR count). The van der Waals surface area contributed by atoms with Crippen LogP contribution in [-0.4, -0.2) is 9.97 Å². The number of nitrogens with zero attached hydrogens (tertiary/aromatic N) is 2. The van der Waals surface area contributed by atoms with Crippen LogP contribution in [0, 0.1) is 0 Å². The molecule has 18 heavy (non-hydrogen) atoms. The van der Waals surface area contributed by atoms with Crippen molar-refractivity contribution in [3.63, 3.8) is 0 Å². The van der Waals surface area contributed by atoms with Crippen LogP contribution in [0.15, 0.2) is 42.9 Å². The zero-order valence-corrected chi connectivity index (χ0v) is 11.1. The number of hydrogen-bond donors (Lipinski definition) is 1. The van der Waals surface area contributed by atoms with Crippen molar-refractivity contribution in [2.45, 2.75) is 32.7 Å². The molecule has 0 unspecified atom stereocenters. The van der Waals surface area contributed by atoms with Gasteiger partial charge in [-0.3, -0.25) is 4.98 Å². The fraction of sp³-hybridized carbons (Fsp3) is 0.333. The Labute approximate surface area is 108 Å². The Morgan fingerprint density at radius 3 is 2.67 bits per heavy atom. The van der Waals surface area contributed by atoms with E-state index in [4.69, 9.17) is 0 Å². The van der Waals surface area contributed by atoms with Crippen molar-refractivity contribution >= 4 is 5.82 Å². The average Bonchev–Trinajstić information content (AvgIpc) is 2.37. The van der Waals surface area contributed by atoms with Crippen molar-refractivity contribution in [3.8, 4) is 0 Å². The van der Waals surface area contributed by atoms with Crippen LogP contribution in [-0.2, 0) is 12.0 Å². The van der Waals surface area contributed by atoms with Gasteiger partial charge < -0.3 is 5.32 Å². The topological polar surface area (TPSA) is 37.8 Å². The minimum Gasteiger partial charge on any atom is -0.366 e. The van der Waals surface area contributed by atoms with Gasteiger partial charge in [0.1, 0.15) is 5.82 Å². The third-order valence-electron chi connectivity index (χ3n) is 2.82. The van der Waals surface area contributed by atoms with Gasteiger partial charge >= 0.3 is 0 Å². The van der Waals surface area contributed by atoms with Crippen molar-refractivity contribution in [2.24, 2.45) is 0 Å². The number of anilines is 1. The summed E-state index contributed by atoms with van der Waals surface area (Å²) in [5.41, 5.74) is 2.58. The van der Waals surface area contributed by atoms with E-state index in [0.717, 1.165) is 17.9 Å². The Kier molecular flexibility index (Phi) is 3.60. The maximum Gasteiger partial charge on any atom is 0.126 e. The first-order valence-electron chi connectivity index (χ1n) is 6.15. The smallest absolute Gasteiger partial charge is 0.126 e. The molecule has 0 aliphatic carbocycles. The predicted octanol–water partition coefficient (Wildman–Crippen LogP) is 3.39. The second kappa shape index (κ2) is 5.17. The third kappa shape index (κ3) is 3.29. The van der Waals surface area contributed by atoms with E-state index >= 15 is 0 Å². The van der Waals surface area contributed by atoms with Crippen molar-refractivity contribution in [1.82, 2.24) is 9.97 Å². The van der Waals surface area contributed by atoms with E-state index < -0.39 is 0 Å². The van der Waals surface area contributed by atoms with Gasteiger partial charge in [-0.25, -0.2) is 4.98 Å². The number of nitrogens with one attached hydrogen (secondary N) is 1. The van der Waals surface area contributed by atoms with Crippen molar-refractivity contribution in [1.29, 1.82) is 0 Å². The molecule has 3 heteroatoms. The van der Waals surface area contributed by atoms with E-state index in [2.05, 4.69) is 48.2 Å². The summed E-state index contributed by atoms with van der Waals surface area (Å²) < 4.78 is 0. The first-order valence-corrected chi connectivity index (χ1v) is 6.15. The van der Waals surface area contributed by atoms with E-state index in [-0.39, 0.29) is 5.41 Å². The minimum atomic E-state index is 0.147. The summed E-state index contributed by atoms with van der Waals surface area (Å²) >= 11 is 0. The van der Waals surface area contributed by atoms with E-state index in [1.54, 1.807) is 6.20 Å². The number of rotatable bonds is 3. The highest BCUT2D eigenvalue weighted by atomic mass is 15.0. The molecule has 0 fully saturated rings. The van der Waals surface area contributed by atoms with Crippen LogP contribution in [0.5, 0.6) is 0 Å². The van der Waals surface area contributed by atoms with E-state index in [0.29, 0.717) is 0 Å². The van der Waals surface area contributed by atoms with Gasteiger partial charge in [-0.2, -0.15) is 0 Å². The van der Waals surface area contributed by atoms with Crippen LogP contribution in [0.2, 0.25) is 0 Å². The van der Waals surface area contributed by atoms with Crippen molar-refractivity contribution < 1.29 is 0 Å². The first-order chi connectivity index (χ1) is 8.55. The van der Waals surface area contributed by atoms with Crippen LogP contribution in [0.3, 0.4) is 0 Å². The fourth-order valence-corrected chi connectivity index (χ4v) is 1.69. The summed E-state index contributed by atoms with van der Waals surface area (Å²) in [6.07, 6.45) is 5.49. The van der Waals surface area contributed by atoms with Crippen LogP contribution in [0.25, 0.3) is 0 Å². The molecule has 3 nitrogen and oxygen atoms in total.